The quantitative estimate of drug-likeness (QED) is 0.441. The van der Waals surface area contributed by atoms with Gasteiger partial charge in [0.05, 0.1) is 0 Å². The number of allylic oxidation sites excluding steroid dienone is 2. The van der Waals surface area contributed by atoms with E-state index in [1.807, 2.05) is 12.9 Å². The van der Waals surface area contributed by atoms with Crippen molar-refractivity contribution in [1.29, 1.82) is 0 Å². The predicted octanol–water partition coefficient (Wildman–Crippen LogP) is 1.12. The van der Waals surface area contributed by atoms with Crippen LogP contribution in [-0.4, -0.2) is 12.2 Å². The minimum Gasteiger partial charge on any atom is -0.268 e. The summed E-state index contributed by atoms with van der Waals surface area (Å²) in [5, 5.41) is 0. The molecule has 0 fully saturated rings. The summed E-state index contributed by atoms with van der Waals surface area (Å²) in [5.74, 6) is 1.86. The van der Waals surface area contributed by atoms with Gasteiger partial charge in [-0.25, -0.2) is 4.79 Å². The summed E-state index contributed by atoms with van der Waals surface area (Å²) in [6.45, 7) is 1.86. The average Bonchev–Trinajstić information content (AvgIpc) is 1.89. The molecule has 0 aromatic carbocycles. The van der Waals surface area contributed by atoms with E-state index in [2.05, 4.69) is 4.99 Å². The predicted molar refractivity (Wildman–Crippen MR) is 36.1 cm³/mol. The second kappa shape index (κ2) is 2.42. The monoisotopic (exact) mass is 121 g/mol. The smallest absolute Gasteiger partial charge is 0.128 e. The number of hydrogen-bond acceptors (Lipinski definition) is 2. The zero-order chi connectivity index (χ0) is 6.69. The van der Waals surface area contributed by atoms with Gasteiger partial charge in [-0.15, -0.1) is 0 Å². The lowest BCUT2D eigenvalue weighted by molar-refractivity contribution is 0.567. The van der Waals surface area contributed by atoms with Gasteiger partial charge in [0.1, 0.15) is 5.94 Å². The molecule has 0 atom stereocenters. The van der Waals surface area contributed by atoms with Gasteiger partial charge in [0.15, 0.2) is 0 Å². The molecule has 0 saturated heterocycles. The molecule has 0 amide bonds. The summed E-state index contributed by atoms with van der Waals surface area (Å²) in [6, 6.07) is 0. The Morgan fingerprint density at radius 3 is 3.00 bits per heavy atom. The third-order valence-electron chi connectivity index (χ3n) is 1.27. The van der Waals surface area contributed by atoms with Crippen molar-refractivity contribution in [2.45, 2.75) is 13.3 Å². The van der Waals surface area contributed by atoms with E-state index in [-0.39, 0.29) is 0 Å². The van der Waals surface area contributed by atoms with E-state index in [1.54, 1.807) is 12.4 Å². The fourth-order valence-corrected chi connectivity index (χ4v) is 0.670. The molecule has 0 unspecified atom stereocenters. The van der Waals surface area contributed by atoms with Gasteiger partial charge >= 0.3 is 0 Å². The molecule has 0 aromatic heterocycles. The lowest BCUT2D eigenvalue weighted by Crippen LogP contribution is -1.92. The molecule has 0 aliphatic carbocycles. The lowest BCUT2D eigenvalue weighted by atomic mass is 10.1. The Morgan fingerprint density at radius 2 is 2.56 bits per heavy atom. The first-order valence-electron chi connectivity index (χ1n) is 2.77. The van der Waals surface area contributed by atoms with Crippen molar-refractivity contribution >= 4 is 12.2 Å². The number of rotatable bonds is 0. The first kappa shape index (κ1) is 5.99. The standard InChI is InChI=1S/C7H7NO/c1-6-4-8-3-2-7(6)5-9/h3-4H,2H2,1H3. The van der Waals surface area contributed by atoms with Crippen molar-refractivity contribution in [3.63, 3.8) is 0 Å². The second-order valence-electron chi connectivity index (χ2n) is 1.93. The highest BCUT2D eigenvalue weighted by atomic mass is 16.1. The van der Waals surface area contributed by atoms with Gasteiger partial charge in [-0.2, -0.15) is 0 Å². The normalized spacial score (nSPS) is 17.0. The molecule has 0 aromatic rings. The van der Waals surface area contributed by atoms with Gasteiger partial charge in [0.2, 0.25) is 0 Å². The summed E-state index contributed by atoms with van der Waals surface area (Å²) >= 11 is 0. The van der Waals surface area contributed by atoms with Crippen LogP contribution < -0.4 is 0 Å². The average molecular weight is 121 g/mol. The Bertz CT molecular complexity index is 219. The van der Waals surface area contributed by atoms with E-state index >= 15 is 0 Å². The van der Waals surface area contributed by atoms with Crippen molar-refractivity contribution < 1.29 is 4.79 Å². The summed E-state index contributed by atoms with van der Waals surface area (Å²) in [4.78, 5) is 14.0. The molecule has 1 heterocycles. The van der Waals surface area contributed by atoms with Crippen molar-refractivity contribution in [3.8, 4) is 0 Å². The maximum atomic E-state index is 10.1. The van der Waals surface area contributed by atoms with Crippen LogP contribution >= 0.6 is 0 Å². The first-order valence-corrected chi connectivity index (χ1v) is 2.77. The highest BCUT2D eigenvalue weighted by Gasteiger charge is 2.01. The number of nitrogens with zero attached hydrogens (tertiary/aromatic N) is 1. The van der Waals surface area contributed by atoms with Crippen LogP contribution in [0.2, 0.25) is 0 Å². The molecular formula is C7H7NO. The van der Waals surface area contributed by atoms with E-state index in [1.165, 1.54) is 0 Å². The summed E-state index contributed by atoms with van der Waals surface area (Å²) in [6.07, 6.45) is 4.00. The molecule has 9 heavy (non-hydrogen) atoms. The molecule has 46 valence electrons. The minimum atomic E-state index is 0.631. The van der Waals surface area contributed by atoms with Crippen LogP contribution in [0.4, 0.5) is 0 Å². The Kier molecular flexibility index (Phi) is 1.61. The molecular weight excluding hydrogens is 114 g/mol. The van der Waals surface area contributed by atoms with Crippen LogP contribution in [0.15, 0.2) is 22.3 Å². The summed E-state index contributed by atoms with van der Waals surface area (Å²) in [7, 11) is 0. The SMILES string of the molecule is CC1=CN=CCC1=C=O. The Labute approximate surface area is 53.6 Å². The summed E-state index contributed by atoms with van der Waals surface area (Å²) in [5.41, 5.74) is 1.64. The van der Waals surface area contributed by atoms with Gasteiger partial charge < -0.3 is 0 Å². The van der Waals surface area contributed by atoms with Gasteiger partial charge in [-0.1, -0.05) is 0 Å². The minimum absolute atomic E-state index is 0.631. The third kappa shape index (κ3) is 1.15. The zero-order valence-electron chi connectivity index (χ0n) is 5.22. The summed E-state index contributed by atoms with van der Waals surface area (Å²) < 4.78 is 0. The van der Waals surface area contributed by atoms with Gasteiger partial charge in [0, 0.05) is 24.4 Å². The van der Waals surface area contributed by atoms with Crippen molar-refractivity contribution in [2.75, 3.05) is 0 Å². The third-order valence-corrected chi connectivity index (χ3v) is 1.27. The molecule has 1 rings (SSSR count). The van der Waals surface area contributed by atoms with E-state index in [0.29, 0.717) is 12.0 Å². The topological polar surface area (TPSA) is 29.4 Å². The molecule has 0 spiro atoms. The van der Waals surface area contributed by atoms with E-state index in [9.17, 15) is 4.79 Å². The molecule has 1 aliphatic rings. The Morgan fingerprint density at radius 1 is 1.78 bits per heavy atom. The lowest BCUT2D eigenvalue weighted by Gasteiger charge is -2.00. The van der Waals surface area contributed by atoms with Crippen LogP contribution in [0.25, 0.3) is 0 Å². The highest BCUT2D eigenvalue weighted by molar-refractivity contribution is 5.74. The largest absolute Gasteiger partial charge is 0.268 e. The molecule has 0 N–H and O–H groups in total. The molecule has 2 heteroatoms. The second-order valence-corrected chi connectivity index (χ2v) is 1.93. The van der Waals surface area contributed by atoms with Crippen molar-refractivity contribution in [1.82, 2.24) is 0 Å². The fraction of sp³-hybridized carbons (Fsp3) is 0.286. The van der Waals surface area contributed by atoms with E-state index < -0.39 is 0 Å². The Hall–Kier alpha value is -1.14. The van der Waals surface area contributed by atoms with E-state index in [0.717, 1.165) is 5.57 Å². The van der Waals surface area contributed by atoms with Crippen LogP contribution in [0.3, 0.4) is 0 Å². The van der Waals surface area contributed by atoms with Crippen LogP contribution in [0, 0.1) is 0 Å². The van der Waals surface area contributed by atoms with Crippen LogP contribution in [-0.2, 0) is 4.79 Å². The van der Waals surface area contributed by atoms with Crippen molar-refractivity contribution in [2.24, 2.45) is 4.99 Å². The van der Waals surface area contributed by atoms with E-state index in [4.69, 9.17) is 0 Å². The maximum Gasteiger partial charge on any atom is 0.128 e. The van der Waals surface area contributed by atoms with Crippen LogP contribution in [0.5, 0.6) is 0 Å². The van der Waals surface area contributed by atoms with Gasteiger partial charge in [0.25, 0.3) is 0 Å². The van der Waals surface area contributed by atoms with Gasteiger partial charge in [-0.3, -0.25) is 4.99 Å². The molecule has 0 radical (unpaired) electrons. The number of aliphatic imine (C=N–C) groups is 1. The molecule has 0 bridgehead atoms. The van der Waals surface area contributed by atoms with Gasteiger partial charge in [-0.05, 0) is 12.5 Å². The number of hydrogen-bond donors (Lipinski definition) is 0. The number of carbonyl (C=O) groups excluding carboxylic acids is 1. The van der Waals surface area contributed by atoms with Crippen molar-refractivity contribution in [3.05, 3.63) is 17.3 Å². The fourth-order valence-electron chi connectivity index (χ4n) is 0.670. The molecule has 1 aliphatic heterocycles. The Balaban J connectivity index is 2.96. The van der Waals surface area contributed by atoms with Crippen LogP contribution in [0.1, 0.15) is 13.3 Å². The highest BCUT2D eigenvalue weighted by Crippen LogP contribution is 2.11. The maximum absolute atomic E-state index is 10.1. The zero-order valence-corrected chi connectivity index (χ0v) is 5.22. The molecule has 0 saturated carbocycles. The first-order chi connectivity index (χ1) is 4.34. The molecule has 2 nitrogen and oxygen atoms in total.